The lowest BCUT2D eigenvalue weighted by atomic mass is 10.0. The van der Waals surface area contributed by atoms with Crippen LogP contribution in [0.25, 0.3) is 0 Å². The predicted octanol–water partition coefficient (Wildman–Crippen LogP) is 3.83. The quantitative estimate of drug-likeness (QED) is 0.806. The Kier molecular flexibility index (Phi) is 3.77. The zero-order valence-corrected chi connectivity index (χ0v) is 11.2. The molecule has 2 aromatic rings. The molecule has 0 aromatic heterocycles. The number of methoxy groups -OCH3 is 1. The number of rotatable bonds is 3. The molecule has 2 rings (SSSR count). The molecule has 0 spiro atoms. The van der Waals surface area contributed by atoms with Gasteiger partial charge in [0.1, 0.15) is 11.6 Å². The first kappa shape index (κ1) is 12.8. The van der Waals surface area contributed by atoms with E-state index in [4.69, 9.17) is 4.74 Å². The lowest BCUT2D eigenvalue weighted by molar-refractivity contribution is 0.103. The van der Waals surface area contributed by atoms with Gasteiger partial charge in [0.05, 0.1) is 12.7 Å². The minimum absolute atomic E-state index is 0.201. The van der Waals surface area contributed by atoms with Gasteiger partial charge in [0.2, 0.25) is 0 Å². The molecular weight excluding hydrogens is 299 g/mol. The van der Waals surface area contributed by atoms with Gasteiger partial charge in [-0.05, 0) is 42.5 Å². The molecule has 2 aromatic carbocycles. The molecule has 0 heterocycles. The van der Waals surface area contributed by atoms with Crippen molar-refractivity contribution in [2.75, 3.05) is 7.11 Å². The normalized spacial score (nSPS) is 10.2. The molecule has 0 saturated heterocycles. The summed E-state index contributed by atoms with van der Waals surface area (Å²) >= 11 is 3.31. The molecule has 0 atom stereocenters. The van der Waals surface area contributed by atoms with Gasteiger partial charge in [-0.1, -0.05) is 15.9 Å². The Labute approximate surface area is 113 Å². The fraction of sp³-hybridized carbons (Fsp3) is 0.0714. The van der Waals surface area contributed by atoms with Gasteiger partial charge in [-0.25, -0.2) is 4.39 Å². The summed E-state index contributed by atoms with van der Waals surface area (Å²) in [6.45, 7) is 0. The van der Waals surface area contributed by atoms with Crippen LogP contribution in [0.3, 0.4) is 0 Å². The summed E-state index contributed by atoms with van der Waals surface area (Å²) in [7, 11) is 1.50. The van der Waals surface area contributed by atoms with E-state index in [1.165, 1.54) is 31.4 Å². The highest BCUT2D eigenvalue weighted by Gasteiger charge is 2.14. The van der Waals surface area contributed by atoms with Gasteiger partial charge >= 0.3 is 0 Å². The highest BCUT2D eigenvalue weighted by atomic mass is 79.9. The lowest BCUT2D eigenvalue weighted by Gasteiger charge is -2.08. The molecule has 0 aliphatic rings. The number of halogens is 2. The molecule has 0 bridgehead atoms. The molecule has 2 nitrogen and oxygen atoms in total. The van der Waals surface area contributed by atoms with E-state index in [0.29, 0.717) is 16.9 Å². The van der Waals surface area contributed by atoms with Gasteiger partial charge in [0.15, 0.2) is 5.78 Å². The number of hydrogen-bond acceptors (Lipinski definition) is 2. The van der Waals surface area contributed by atoms with Crippen LogP contribution in [-0.4, -0.2) is 12.9 Å². The molecule has 0 N–H and O–H groups in total. The monoisotopic (exact) mass is 308 g/mol. The van der Waals surface area contributed by atoms with Crippen LogP contribution in [0, 0.1) is 5.82 Å². The minimum atomic E-state index is -0.368. The molecule has 0 saturated carbocycles. The Morgan fingerprint density at radius 3 is 2.44 bits per heavy atom. The number of hydrogen-bond donors (Lipinski definition) is 0. The molecule has 0 radical (unpaired) electrons. The van der Waals surface area contributed by atoms with Crippen molar-refractivity contribution in [1.29, 1.82) is 0 Å². The van der Waals surface area contributed by atoms with Crippen LogP contribution in [0.2, 0.25) is 0 Å². The zero-order valence-electron chi connectivity index (χ0n) is 9.61. The maximum absolute atomic E-state index is 12.8. The maximum atomic E-state index is 12.8. The molecule has 0 amide bonds. The van der Waals surface area contributed by atoms with Crippen molar-refractivity contribution in [2.45, 2.75) is 0 Å². The molecule has 0 aliphatic carbocycles. The summed E-state index contributed by atoms with van der Waals surface area (Å²) in [4.78, 5) is 12.3. The van der Waals surface area contributed by atoms with Crippen LogP contribution in [0.5, 0.6) is 5.75 Å². The standard InChI is InChI=1S/C14H10BrFO2/c1-18-13-7-4-10(15)8-12(13)14(17)9-2-5-11(16)6-3-9/h2-8H,1H3. The van der Waals surface area contributed by atoms with Gasteiger partial charge in [-0.15, -0.1) is 0 Å². The number of benzene rings is 2. The Hall–Kier alpha value is -1.68. The minimum Gasteiger partial charge on any atom is -0.496 e. The van der Waals surface area contributed by atoms with E-state index in [1.807, 2.05) is 0 Å². The molecule has 0 aliphatic heterocycles. The third kappa shape index (κ3) is 2.59. The van der Waals surface area contributed by atoms with Crippen molar-refractivity contribution in [2.24, 2.45) is 0 Å². The molecule has 0 unspecified atom stereocenters. The van der Waals surface area contributed by atoms with Crippen molar-refractivity contribution in [3.05, 3.63) is 63.9 Å². The SMILES string of the molecule is COc1ccc(Br)cc1C(=O)c1ccc(F)cc1. The second-order valence-electron chi connectivity index (χ2n) is 3.68. The average molecular weight is 309 g/mol. The summed E-state index contributed by atoms with van der Waals surface area (Å²) in [6, 6.07) is 10.6. The summed E-state index contributed by atoms with van der Waals surface area (Å²) in [5.41, 5.74) is 0.867. The summed E-state index contributed by atoms with van der Waals surface area (Å²) < 4.78 is 18.8. The van der Waals surface area contributed by atoms with E-state index < -0.39 is 0 Å². The predicted molar refractivity (Wildman–Crippen MR) is 70.5 cm³/mol. The number of ether oxygens (including phenoxy) is 1. The number of ketones is 1. The van der Waals surface area contributed by atoms with E-state index in [2.05, 4.69) is 15.9 Å². The third-order valence-corrected chi connectivity index (χ3v) is 3.01. The van der Waals surface area contributed by atoms with Crippen molar-refractivity contribution < 1.29 is 13.9 Å². The van der Waals surface area contributed by atoms with Crippen LogP contribution in [0.4, 0.5) is 4.39 Å². The van der Waals surface area contributed by atoms with Crippen LogP contribution >= 0.6 is 15.9 Å². The van der Waals surface area contributed by atoms with E-state index in [9.17, 15) is 9.18 Å². The number of carbonyl (C=O) groups excluding carboxylic acids is 1. The smallest absolute Gasteiger partial charge is 0.196 e. The third-order valence-electron chi connectivity index (χ3n) is 2.51. The van der Waals surface area contributed by atoms with Crippen LogP contribution < -0.4 is 4.74 Å². The molecular formula is C14H10BrFO2. The largest absolute Gasteiger partial charge is 0.496 e. The Morgan fingerprint density at radius 1 is 1.17 bits per heavy atom. The first-order valence-corrected chi connectivity index (χ1v) is 6.05. The van der Waals surface area contributed by atoms with E-state index in [0.717, 1.165) is 4.47 Å². The van der Waals surface area contributed by atoms with E-state index in [-0.39, 0.29) is 11.6 Å². The van der Waals surface area contributed by atoms with E-state index >= 15 is 0 Å². The fourth-order valence-electron chi connectivity index (χ4n) is 1.61. The Bertz CT molecular complexity index is 579. The molecule has 0 fully saturated rings. The van der Waals surface area contributed by atoms with Crippen LogP contribution in [0.1, 0.15) is 15.9 Å². The first-order valence-electron chi connectivity index (χ1n) is 5.25. The second kappa shape index (κ2) is 5.31. The lowest BCUT2D eigenvalue weighted by Crippen LogP contribution is -2.04. The topological polar surface area (TPSA) is 26.3 Å². The van der Waals surface area contributed by atoms with Crippen molar-refractivity contribution in [1.82, 2.24) is 0 Å². The number of carbonyl (C=O) groups is 1. The maximum Gasteiger partial charge on any atom is 0.196 e. The summed E-state index contributed by atoms with van der Waals surface area (Å²) in [5.74, 6) is -0.0755. The highest BCUT2D eigenvalue weighted by molar-refractivity contribution is 9.10. The molecule has 92 valence electrons. The Balaban J connectivity index is 2.45. The van der Waals surface area contributed by atoms with Crippen molar-refractivity contribution in [3.8, 4) is 5.75 Å². The second-order valence-corrected chi connectivity index (χ2v) is 4.60. The van der Waals surface area contributed by atoms with Crippen LogP contribution in [0.15, 0.2) is 46.9 Å². The summed E-state index contributed by atoms with van der Waals surface area (Å²) in [6.07, 6.45) is 0. The molecule has 4 heteroatoms. The van der Waals surface area contributed by atoms with Crippen LogP contribution in [-0.2, 0) is 0 Å². The van der Waals surface area contributed by atoms with Gasteiger partial charge in [-0.2, -0.15) is 0 Å². The summed E-state index contributed by atoms with van der Waals surface area (Å²) in [5, 5.41) is 0. The first-order chi connectivity index (χ1) is 8.61. The molecule has 18 heavy (non-hydrogen) atoms. The Morgan fingerprint density at radius 2 is 1.83 bits per heavy atom. The van der Waals surface area contributed by atoms with Crippen molar-refractivity contribution in [3.63, 3.8) is 0 Å². The van der Waals surface area contributed by atoms with Gasteiger partial charge < -0.3 is 4.74 Å². The highest BCUT2D eigenvalue weighted by Crippen LogP contribution is 2.25. The van der Waals surface area contributed by atoms with Gasteiger partial charge in [0.25, 0.3) is 0 Å². The average Bonchev–Trinajstić information content (AvgIpc) is 2.39. The fourth-order valence-corrected chi connectivity index (χ4v) is 1.98. The van der Waals surface area contributed by atoms with Gasteiger partial charge in [0, 0.05) is 10.0 Å². The van der Waals surface area contributed by atoms with Crippen molar-refractivity contribution >= 4 is 21.7 Å². The van der Waals surface area contributed by atoms with Gasteiger partial charge in [-0.3, -0.25) is 4.79 Å². The zero-order chi connectivity index (χ0) is 13.1. The van der Waals surface area contributed by atoms with E-state index in [1.54, 1.807) is 18.2 Å².